The molecule has 1 aliphatic heterocycles. The van der Waals surface area contributed by atoms with Crippen molar-refractivity contribution in [1.82, 2.24) is 10.9 Å². The highest BCUT2D eigenvalue weighted by Gasteiger charge is 2.17. The summed E-state index contributed by atoms with van der Waals surface area (Å²) in [6.07, 6.45) is 1.19. The van der Waals surface area contributed by atoms with Gasteiger partial charge in [0.05, 0.1) is 13.2 Å². The average Bonchev–Trinajstić information content (AvgIpc) is 2.82. The number of nitrogens with one attached hydrogen (secondary N) is 2. The van der Waals surface area contributed by atoms with Gasteiger partial charge < -0.3 is 9.47 Å². The van der Waals surface area contributed by atoms with Crippen LogP contribution in [-0.4, -0.2) is 26.4 Å². The van der Waals surface area contributed by atoms with Crippen LogP contribution in [0.15, 0.2) is 24.3 Å². The zero-order chi connectivity index (χ0) is 12.1. The van der Waals surface area contributed by atoms with E-state index in [0.29, 0.717) is 6.61 Å². The average molecular weight is 236 g/mol. The molecule has 2 atom stereocenters. The van der Waals surface area contributed by atoms with Crippen LogP contribution in [0.2, 0.25) is 0 Å². The van der Waals surface area contributed by atoms with Gasteiger partial charge in [-0.1, -0.05) is 12.1 Å². The zero-order valence-electron chi connectivity index (χ0n) is 10.4. The van der Waals surface area contributed by atoms with Crippen molar-refractivity contribution in [3.8, 4) is 5.75 Å². The van der Waals surface area contributed by atoms with Gasteiger partial charge in [-0.25, -0.2) is 0 Å². The molecule has 2 N–H and O–H groups in total. The van der Waals surface area contributed by atoms with Crippen molar-refractivity contribution in [3.05, 3.63) is 29.8 Å². The molecular formula is C13H20N2O2. The highest BCUT2D eigenvalue weighted by Crippen LogP contribution is 2.21. The SMILES string of the molecule is CNN[C@H](C)c1cccc(OC2CCOC2)c1. The summed E-state index contributed by atoms with van der Waals surface area (Å²) >= 11 is 0. The predicted octanol–water partition coefficient (Wildman–Crippen LogP) is 1.64. The predicted molar refractivity (Wildman–Crippen MR) is 66.9 cm³/mol. The Labute approximate surface area is 102 Å². The smallest absolute Gasteiger partial charge is 0.124 e. The Morgan fingerprint density at radius 3 is 3.06 bits per heavy atom. The van der Waals surface area contributed by atoms with Crippen LogP contribution in [0.25, 0.3) is 0 Å². The molecule has 0 aromatic heterocycles. The minimum Gasteiger partial charge on any atom is -0.488 e. The van der Waals surface area contributed by atoms with Gasteiger partial charge in [-0.3, -0.25) is 10.9 Å². The Morgan fingerprint density at radius 2 is 2.35 bits per heavy atom. The normalized spacial score (nSPS) is 21.4. The molecule has 0 saturated carbocycles. The van der Waals surface area contributed by atoms with Crippen LogP contribution < -0.4 is 15.6 Å². The Kier molecular flexibility index (Phi) is 4.36. The van der Waals surface area contributed by atoms with Crippen molar-refractivity contribution in [1.29, 1.82) is 0 Å². The van der Waals surface area contributed by atoms with E-state index >= 15 is 0 Å². The molecule has 0 amide bonds. The van der Waals surface area contributed by atoms with E-state index in [1.165, 1.54) is 5.56 Å². The van der Waals surface area contributed by atoms with Gasteiger partial charge in [0.15, 0.2) is 0 Å². The fraction of sp³-hybridized carbons (Fsp3) is 0.538. The second-order valence-electron chi connectivity index (χ2n) is 4.29. The van der Waals surface area contributed by atoms with E-state index in [-0.39, 0.29) is 12.1 Å². The molecule has 1 heterocycles. The first-order valence-corrected chi connectivity index (χ1v) is 6.06. The summed E-state index contributed by atoms with van der Waals surface area (Å²) < 4.78 is 11.2. The van der Waals surface area contributed by atoms with Crippen LogP contribution in [0.3, 0.4) is 0 Å². The highest BCUT2D eigenvalue weighted by atomic mass is 16.5. The molecule has 1 unspecified atom stereocenters. The van der Waals surface area contributed by atoms with E-state index < -0.39 is 0 Å². The molecule has 0 spiro atoms. The molecule has 94 valence electrons. The van der Waals surface area contributed by atoms with Crippen molar-refractivity contribution in [2.24, 2.45) is 0 Å². The lowest BCUT2D eigenvalue weighted by molar-refractivity contribution is 0.141. The summed E-state index contributed by atoms with van der Waals surface area (Å²) in [5, 5.41) is 0. The highest BCUT2D eigenvalue weighted by molar-refractivity contribution is 5.30. The van der Waals surface area contributed by atoms with Crippen molar-refractivity contribution in [2.45, 2.75) is 25.5 Å². The first kappa shape index (κ1) is 12.4. The quantitative estimate of drug-likeness (QED) is 0.763. The summed E-state index contributed by atoms with van der Waals surface area (Å²) in [6.45, 7) is 3.62. The van der Waals surface area contributed by atoms with Crippen LogP contribution in [0.4, 0.5) is 0 Å². The molecule has 17 heavy (non-hydrogen) atoms. The van der Waals surface area contributed by atoms with Crippen LogP contribution in [0.1, 0.15) is 24.9 Å². The third kappa shape index (κ3) is 3.43. The van der Waals surface area contributed by atoms with Gasteiger partial charge in [0.1, 0.15) is 11.9 Å². The van der Waals surface area contributed by atoms with E-state index in [0.717, 1.165) is 18.8 Å². The van der Waals surface area contributed by atoms with E-state index in [2.05, 4.69) is 29.9 Å². The molecular weight excluding hydrogens is 216 g/mol. The Hall–Kier alpha value is -1.10. The Balaban J connectivity index is 2.00. The van der Waals surface area contributed by atoms with E-state index in [1.807, 2.05) is 19.2 Å². The molecule has 1 fully saturated rings. The lowest BCUT2D eigenvalue weighted by Gasteiger charge is -2.16. The van der Waals surface area contributed by atoms with Crippen LogP contribution in [0.5, 0.6) is 5.75 Å². The maximum atomic E-state index is 5.87. The topological polar surface area (TPSA) is 42.5 Å². The second-order valence-corrected chi connectivity index (χ2v) is 4.29. The van der Waals surface area contributed by atoms with Gasteiger partial charge in [0.2, 0.25) is 0 Å². The molecule has 2 rings (SSSR count). The third-order valence-electron chi connectivity index (χ3n) is 2.91. The van der Waals surface area contributed by atoms with Gasteiger partial charge in [0, 0.05) is 12.5 Å². The van der Waals surface area contributed by atoms with E-state index in [9.17, 15) is 0 Å². The number of hydrogen-bond acceptors (Lipinski definition) is 4. The van der Waals surface area contributed by atoms with Crippen molar-refractivity contribution in [2.75, 3.05) is 20.3 Å². The number of ether oxygens (including phenoxy) is 2. The van der Waals surface area contributed by atoms with Gasteiger partial charge in [0.25, 0.3) is 0 Å². The number of rotatable bonds is 5. The Bertz CT molecular complexity index is 351. The Morgan fingerprint density at radius 1 is 1.47 bits per heavy atom. The molecule has 1 aliphatic rings. The minimum absolute atomic E-state index is 0.206. The van der Waals surface area contributed by atoms with Crippen LogP contribution in [0, 0.1) is 0 Å². The number of hydrogen-bond donors (Lipinski definition) is 2. The van der Waals surface area contributed by atoms with Gasteiger partial charge in [-0.05, 0) is 31.7 Å². The molecule has 0 bridgehead atoms. The van der Waals surface area contributed by atoms with Gasteiger partial charge in [-0.2, -0.15) is 0 Å². The number of hydrazine groups is 1. The fourth-order valence-electron chi connectivity index (χ4n) is 1.96. The molecule has 4 nitrogen and oxygen atoms in total. The lowest BCUT2D eigenvalue weighted by atomic mass is 10.1. The van der Waals surface area contributed by atoms with Gasteiger partial charge in [-0.15, -0.1) is 0 Å². The summed E-state index contributed by atoms with van der Waals surface area (Å²) in [5.74, 6) is 0.919. The number of benzene rings is 1. The maximum absolute atomic E-state index is 5.87. The van der Waals surface area contributed by atoms with Gasteiger partial charge >= 0.3 is 0 Å². The molecule has 4 heteroatoms. The van der Waals surface area contributed by atoms with Crippen LogP contribution in [-0.2, 0) is 4.74 Å². The zero-order valence-corrected chi connectivity index (χ0v) is 10.4. The summed E-state index contributed by atoms with van der Waals surface area (Å²) in [7, 11) is 1.87. The molecule has 0 radical (unpaired) electrons. The largest absolute Gasteiger partial charge is 0.488 e. The maximum Gasteiger partial charge on any atom is 0.124 e. The summed E-state index contributed by atoms with van der Waals surface area (Å²) in [6, 6.07) is 8.44. The van der Waals surface area contributed by atoms with E-state index in [4.69, 9.17) is 9.47 Å². The first-order valence-electron chi connectivity index (χ1n) is 6.06. The summed E-state index contributed by atoms with van der Waals surface area (Å²) in [5.41, 5.74) is 7.30. The first-order chi connectivity index (χ1) is 8.29. The molecule has 1 aromatic rings. The molecule has 1 aromatic carbocycles. The summed E-state index contributed by atoms with van der Waals surface area (Å²) in [4.78, 5) is 0. The van der Waals surface area contributed by atoms with E-state index in [1.54, 1.807) is 0 Å². The lowest BCUT2D eigenvalue weighted by Crippen LogP contribution is -2.30. The van der Waals surface area contributed by atoms with Crippen molar-refractivity contribution < 1.29 is 9.47 Å². The molecule has 1 saturated heterocycles. The van der Waals surface area contributed by atoms with Crippen molar-refractivity contribution >= 4 is 0 Å². The standard InChI is InChI=1S/C13H20N2O2/c1-10(15-14-2)11-4-3-5-12(8-11)17-13-6-7-16-9-13/h3-5,8,10,13-15H,6-7,9H2,1-2H3/t10-,13?/m1/s1. The third-order valence-corrected chi connectivity index (χ3v) is 2.91. The fourth-order valence-corrected chi connectivity index (χ4v) is 1.96. The monoisotopic (exact) mass is 236 g/mol. The van der Waals surface area contributed by atoms with Crippen LogP contribution >= 0.6 is 0 Å². The second kappa shape index (κ2) is 6.00. The minimum atomic E-state index is 0.206. The van der Waals surface area contributed by atoms with Crippen molar-refractivity contribution in [3.63, 3.8) is 0 Å². The molecule has 0 aliphatic carbocycles.